The van der Waals surface area contributed by atoms with Gasteiger partial charge >= 0.3 is 9.76 Å². The maximum Gasteiger partial charge on any atom is 0.315 e. The van der Waals surface area contributed by atoms with E-state index in [1.807, 2.05) is 0 Å². The van der Waals surface area contributed by atoms with Crippen LogP contribution < -0.4 is 4.43 Å². The van der Waals surface area contributed by atoms with E-state index in [0.717, 1.165) is 0 Å². The molecule has 0 amide bonds. The number of hydrogen-bond donors (Lipinski definition) is 2. The maximum atomic E-state index is 9.28. The highest BCUT2D eigenvalue weighted by Gasteiger charge is 2.07. The molecule has 68 valence electrons. The predicted octanol–water partition coefficient (Wildman–Crippen LogP) is 1.70. The Hall–Kier alpha value is -1.42. The maximum absolute atomic E-state index is 9.28. The molecule has 1 aromatic carbocycles. The van der Waals surface area contributed by atoms with Crippen LogP contribution in [0.15, 0.2) is 30.9 Å². The van der Waals surface area contributed by atoms with Gasteiger partial charge in [0.05, 0.1) is 0 Å². The molecule has 2 N–H and O–H groups in total. The van der Waals surface area contributed by atoms with Crippen LogP contribution >= 0.6 is 0 Å². The lowest BCUT2D eigenvalue weighted by molar-refractivity contribution is 0.406. The van der Waals surface area contributed by atoms with E-state index in [2.05, 4.69) is 6.58 Å². The molecule has 0 aromatic heterocycles. The molecule has 2 radical (unpaired) electrons. The summed E-state index contributed by atoms with van der Waals surface area (Å²) in [5.74, 6) is 0.0517. The van der Waals surface area contributed by atoms with Crippen LogP contribution in [0.5, 0.6) is 17.2 Å². The highest BCUT2D eigenvalue weighted by atomic mass is 28.2. The molecule has 0 unspecified atom stereocenters. The van der Waals surface area contributed by atoms with E-state index in [4.69, 9.17) is 4.43 Å². The number of phenols is 2. The quantitative estimate of drug-likeness (QED) is 0.436. The average Bonchev–Trinajstić information content (AvgIpc) is 2.10. The predicted molar refractivity (Wildman–Crippen MR) is 51.2 cm³/mol. The Bertz CT molecular complexity index is 279. The van der Waals surface area contributed by atoms with E-state index in [0.29, 0.717) is 6.04 Å². The first kappa shape index (κ1) is 9.66. The van der Waals surface area contributed by atoms with Crippen LogP contribution in [0.2, 0.25) is 6.04 Å². The Morgan fingerprint density at radius 3 is 2.54 bits per heavy atom. The zero-order valence-corrected chi connectivity index (χ0v) is 8.03. The molecule has 0 spiro atoms. The van der Waals surface area contributed by atoms with Gasteiger partial charge in [-0.2, -0.15) is 0 Å². The summed E-state index contributed by atoms with van der Waals surface area (Å²) >= 11 is 0. The van der Waals surface area contributed by atoms with Crippen molar-refractivity contribution in [1.82, 2.24) is 0 Å². The van der Waals surface area contributed by atoms with E-state index in [-0.39, 0.29) is 27.0 Å². The molecule has 13 heavy (non-hydrogen) atoms. The second-order valence-corrected chi connectivity index (χ2v) is 3.27. The minimum atomic E-state index is -0.0448. The van der Waals surface area contributed by atoms with Gasteiger partial charge in [-0.1, -0.05) is 12.1 Å². The lowest BCUT2D eigenvalue weighted by Gasteiger charge is -2.07. The van der Waals surface area contributed by atoms with Crippen LogP contribution in [-0.2, 0) is 0 Å². The molecule has 3 nitrogen and oxygen atoms in total. The second kappa shape index (κ2) is 4.57. The van der Waals surface area contributed by atoms with E-state index < -0.39 is 0 Å². The SMILES string of the molecule is C=CC[Si]Oc1c(O)cccc1O. The summed E-state index contributed by atoms with van der Waals surface area (Å²) in [4.78, 5) is 0. The molecule has 0 atom stereocenters. The average molecular weight is 194 g/mol. The van der Waals surface area contributed by atoms with Gasteiger partial charge in [0, 0.05) is 0 Å². The van der Waals surface area contributed by atoms with Crippen molar-refractivity contribution in [2.24, 2.45) is 0 Å². The van der Waals surface area contributed by atoms with Crippen LogP contribution in [-0.4, -0.2) is 20.0 Å². The first-order valence-electron chi connectivity index (χ1n) is 3.77. The second-order valence-electron chi connectivity index (χ2n) is 2.36. The van der Waals surface area contributed by atoms with Crippen molar-refractivity contribution in [2.45, 2.75) is 6.04 Å². The third-order valence-electron chi connectivity index (χ3n) is 1.38. The van der Waals surface area contributed by atoms with Gasteiger partial charge in [0.2, 0.25) is 0 Å². The molecular weight excluding hydrogens is 184 g/mol. The number of aromatic hydroxyl groups is 2. The van der Waals surface area contributed by atoms with Crippen molar-refractivity contribution in [1.29, 1.82) is 0 Å². The van der Waals surface area contributed by atoms with E-state index in [1.165, 1.54) is 12.1 Å². The molecule has 0 fully saturated rings. The van der Waals surface area contributed by atoms with Gasteiger partial charge in [-0.3, -0.25) is 0 Å². The van der Waals surface area contributed by atoms with Gasteiger partial charge in [0.15, 0.2) is 17.2 Å². The highest BCUT2D eigenvalue weighted by molar-refractivity contribution is 6.29. The smallest absolute Gasteiger partial charge is 0.315 e. The Kier molecular flexibility index (Phi) is 3.39. The van der Waals surface area contributed by atoms with Gasteiger partial charge in [0.1, 0.15) is 0 Å². The van der Waals surface area contributed by atoms with Crippen LogP contribution in [0.4, 0.5) is 0 Å². The fourth-order valence-corrected chi connectivity index (χ4v) is 1.34. The summed E-state index contributed by atoms with van der Waals surface area (Å²) in [5.41, 5.74) is 0. The lowest BCUT2D eigenvalue weighted by Crippen LogP contribution is -2.00. The molecule has 0 heterocycles. The van der Waals surface area contributed by atoms with Crippen molar-refractivity contribution in [3.8, 4) is 17.2 Å². The molecule has 0 aliphatic rings. The fourth-order valence-electron chi connectivity index (χ4n) is 0.790. The summed E-state index contributed by atoms with van der Waals surface area (Å²) < 4.78 is 5.16. The topological polar surface area (TPSA) is 49.7 Å². The zero-order chi connectivity index (χ0) is 9.68. The standard InChI is InChI=1S/C9H10O3Si/c1-2-6-13-12-9-7(10)4-3-5-8(9)11/h2-5,10-11H,1,6H2. The Morgan fingerprint density at radius 2 is 2.00 bits per heavy atom. The van der Waals surface area contributed by atoms with Crippen molar-refractivity contribution in [3.05, 3.63) is 30.9 Å². The monoisotopic (exact) mass is 194 g/mol. The summed E-state index contributed by atoms with van der Waals surface area (Å²) in [6, 6.07) is 5.18. The first-order chi connectivity index (χ1) is 6.25. The Labute approximate surface area is 79.2 Å². The van der Waals surface area contributed by atoms with Gasteiger partial charge in [-0.05, 0) is 18.2 Å². The number of benzene rings is 1. The molecule has 0 saturated heterocycles. The van der Waals surface area contributed by atoms with Crippen molar-refractivity contribution >= 4 is 9.76 Å². The number of phenolic OH excluding ortho intramolecular Hbond substituents is 2. The minimum absolute atomic E-state index is 0.0448. The van der Waals surface area contributed by atoms with Crippen LogP contribution in [0.3, 0.4) is 0 Å². The van der Waals surface area contributed by atoms with Crippen LogP contribution in [0, 0.1) is 0 Å². The summed E-state index contributed by atoms with van der Waals surface area (Å²) in [5, 5.41) is 18.6. The third-order valence-corrected chi connectivity index (χ3v) is 2.18. The number of hydrogen-bond acceptors (Lipinski definition) is 3. The third kappa shape index (κ3) is 2.52. The van der Waals surface area contributed by atoms with Gasteiger partial charge in [-0.25, -0.2) is 0 Å². The van der Waals surface area contributed by atoms with Crippen molar-refractivity contribution in [2.75, 3.05) is 0 Å². The van der Waals surface area contributed by atoms with Crippen molar-refractivity contribution < 1.29 is 14.6 Å². The molecular formula is C9H10O3Si. The van der Waals surface area contributed by atoms with Gasteiger partial charge in [-0.15, -0.1) is 6.58 Å². The highest BCUT2D eigenvalue weighted by Crippen LogP contribution is 2.34. The van der Waals surface area contributed by atoms with Crippen LogP contribution in [0.25, 0.3) is 0 Å². The van der Waals surface area contributed by atoms with E-state index in [1.54, 1.807) is 12.1 Å². The molecule has 0 aliphatic heterocycles. The summed E-state index contributed by atoms with van der Waals surface area (Å²) in [6.07, 6.45) is 1.72. The Morgan fingerprint density at radius 1 is 1.38 bits per heavy atom. The molecule has 0 aliphatic carbocycles. The minimum Gasteiger partial charge on any atom is -0.536 e. The molecule has 1 aromatic rings. The zero-order valence-electron chi connectivity index (χ0n) is 7.03. The molecule has 0 saturated carbocycles. The summed E-state index contributed by atoms with van der Waals surface area (Å²) in [7, 11) is 0.164. The van der Waals surface area contributed by atoms with E-state index in [9.17, 15) is 10.2 Å². The largest absolute Gasteiger partial charge is 0.536 e. The molecule has 0 bridgehead atoms. The number of rotatable bonds is 4. The van der Waals surface area contributed by atoms with Gasteiger partial charge < -0.3 is 14.6 Å². The Balaban J connectivity index is 2.69. The molecule has 4 heteroatoms. The lowest BCUT2D eigenvalue weighted by atomic mass is 10.3. The fraction of sp³-hybridized carbons (Fsp3) is 0.111. The summed E-state index contributed by atoms with van der Waals surface area (Å²) in [6.45, 7) is 3.54. The van der Waals surface area contributed by atoms with E-state index >= 15 is 0 Å². The van der Waals surface area contributed by atoms with Gasteiger partial charge in [0.25, 0.3) is 0 Å². The van der Waals surface area contributed by atoms with Crippen LogP contribution in [0.1, 0.15) is 0 Å². The number of allylic oxidation sites excluding steroid dienone is 1. The van der Waals surface area contributed by atoms with Crippen molar-refractivity contribution in [3.63, 3.8) is 0 Å². The number of para-hydroxylation sites is 1. The normalized spacial score (nSPS) is 9.54. The first-order valence-corrected chi connectivity index (χ1v) is 4.88. The molecule has 1 rings (SSSR count).